The third kappa shape index (κ3) is 1.48. The van der Waals surface area contributed by atoms with E-state index in [0.717, 1.165) is 0 Å². The second-order valence-corrected chi connectivity index (χ2v) is 3.82. The first-order valence-electron chi connectivity index (χ1n) is 5.31. The molecule has 1 N–H and O–H groups in total. The molecule has 1 aliphatic carbocycles. The van der Waals surface area contributed by atoms with Crippen molar-refractivity contribution in [2.75, 3.05) is 7.11 Å². The van der Waals surface area contributed by atoms with Crippen molar-refractivity contribution in [3.8, 4) is 23.0 Å². The van der Waals surface area contributed by atoms with E-state index in [1.807, 2.05) is 0 Å². The monoisotopic (exact) mass is 262 g/mol. The molecule has 0 spiro atoms. The predicted molar refractivity (Wildman–Crippen MR) is 65.3 cm³/mol. The second kappa shape index (κ2) is 3.84. The summed E-state index contributed by atoms with van der Waals surface area (Å²) in [6.07, 6.45) is 1.33. The molecular weight excluding hydrogens is 254 g/mol. The Kier molecular flexibility index (Phi) is 2.28. The molecule has 7 nitrogen and oxygen atoms in total. The lowest BCUT2D eigenvalue weighted by atomic mass is 10.1. The molecule has 0 bridgehead atoms. The Morgan fingerprint density at radius 1 is 1.26 bits per heavy atom. The highest BCUT2D eigenvalue weighted by atomic mass is 16.8. The highest BCUT2D eigenvalue weighted by molar-refractivity contribution is 5.92. The first-order valence-corrected chi connectivity index (χ1v) is 5.31. The van der Waals surface area contributed by atoms with Gasteiger partial charge in [0.15, 0.2) is 11.3 Å². The van der Waals surface area contributed by atoms with Crippen molar-refractivity contribution >= 4 is 11.0 Å². The molecule has 0 saturated carbocycles. The van der Waals surface area contributed by atoms with Crippen LogP contribution in [-0.2, 0) is 0 Å². The Morgan fingerprint density at radius 2 is 2.05 bits per heavy atom. The van der Waals surface area contributed by atoms with Gasteiger partial charge in [-0.1, -0.05) is 0 Å². The molecule has 1 aromatic heterocycles. The van der Waals surface area contributed by atoms with Crippen molar-refractivity contribution in [2.24, 2.45) is 0 Å². The molecule has 7 heteroatoms. The number of fused-ring (bicyclic) bond motifs is 2. The number of aromatic hydroxyl groups is 1. The van der Waals surface area contributed by atoms with Gasteiger partial charge in [0.25, 0.3) is 5.95 Å². The Hall–Kier alpha value is -2.83. The number of furan rings is 1. The molecule has 0 fully saturated rings. The Balaban J connectivity index is 2.68. The van der Waals surface area contributed by atoms with E-state index < -0.39 is 4.90 Å². The van der Waals surface area contributed by atoms with E-state index in [4.69, 9.17) is 13.6 Å². The minimum atomic E-state index is -0.522. The minimum Gasteiger partial charge on any atom is -0.612 e. The van der Waals surface area contributed by atoms with E-state index in [1.165, 1.54) is 31.6 Å². The van der Waals surface area contributed by atoms with E-state index >= 15 is 0 Å². The quantitative estimate of drug-likeness (QED) is 0.668. The van der Waals surface area contributed by atoms with Gasteiger partial charge in [-0.25, -0.2) is 0 Å². The summed E-state index contributed by atoms with van der Waals surface area (Å²) in [5, 5.41) is 32.0. The number of hydrogen-bond acceptors (Lipinski definition) is 6. The standard InChI is InChI=1S/C12H8NO6/c1-17-12-10-7(4-5-18-10)9(13(15)16)6-2-3-8(14)19-11(6)12/h2-5H,1H3,(H-,14,15,16)/q-1. The largest absolute Gasteiger partial charge is 0.612 e. The molecule has 2 aliphatic rings. The van der Waals surface area contributed by atoms with E-state index in [2.05, 4.69) is 0 Å². The average molecular weight is 262 g/mol. The maximum absolute atomic E-state index is 11.2. The zero-order valence-electron chi connectivity index (χ0n) is 9.75. The van der Waals surface area contributed by atoms with Crippen LogP contribution in [0.15, 0.2) is 33.3 Å². The van der Waals surface area contributed by atoms with E-state index in [0.29, 0.717) is 5.39 Å². The van der Waals surface area contributed by atoms with Crippen LogP contribution in [0.25, 0.3) is 22.3 Å². The van der Waals surface area contributed by atoms with E-state index in [9.17, 15) is 15.5 Å². The van der Waals surface area contributed by atoms with Gasteiger partial charge < -0.3 is 29.1 Å². The van der Waals surface area contributed by atoms with Crippen LogP contribution in [0.5, 0.6) is 11.7 Å². The molecule has 0 saturated heterocycles. The fraction of sp³-hybridized carbons (Fsp3) is 0.0833. The van der Waals surface area contributed by atoms with Gasteiger partial charge in [-0.05, 0) is 12.1 Å². The summed E-state index contributed by atoms with van der Waals surface area (Å²) in [5.41, 5.74) is 0.435. The fourth-order valence-corrected chi connectivity index (χ4v) is 2.08. The summed E-state index contributed by atoms with van der Waals surface area (Å²) in [6.45, 7) is 0. The molecule has 3 rings (SSSR count). The first kappa shape index (κ1) is 11.3. The van der Waals surface area contributed by atoms with Gasteiger partial charge in [-0.3, -0.25) is 0 Å². The fourth-order valence-electron chi connectivity index (χ4n) is 2.08. The molecule has 1 aliphatic heterocycles. The van der Waals surface area contributed by atoms with Gasteiger partial charge in [0.2, 0.25) is 11.1 Å². The number of benzene rings is 1. The van der Waals surface area contributed by atoms with Crippen LogP contribution in [0, 0.1) is 10.4 Å². The molecule has 0 aromatic carbocycles. The lowest BCUT2D eigenvalue weighted by Gasteiger charge is -2.12. The van der Waals surface area contributed by atoms with Crippen molar-refractivity contribution in [1.82, 2.24) is 4.90 Å². The molecule has 19 heavy (non-hydrogen) atoms. The zero-order valence-corrected chi connectivity index (χ0v) is 9.75. The van der Waals surface area contributed by atoms with Crippen LogP contribution in [-0.4, -0.2) is 12.2 Å². The lowest BCUT2D eigenvalue weighted by Crippen LogP contribution is -2.22. The smallest absolute Gasteiger partial charge is 0.282 e. The van der Waals surface area contributed by atoms with Crippen molar-refractivity contribution in [2.45, 2.75) is 0 Å². The minimum absolute atomic E-state index is 0.0663. The molecule has 0 amide bonds. The normalized spacial score (nSPS) is 11.0. The molecule has 1 aromatic rings. The molecule has 0 atom stereocenters. The summed E-state index contributed by atoms with van der Waals surface area (Å²) in [7, 11) is 1.39. The Labute approximate surface area is 106 Å². The number of ether oxygens (including phenoxy) is 1. The van der Waals surface area contributed by atoms with Crippen LogP contribution in [0.1, 0.15) is 0 Å². The topological polar surface area (TPSA) is 105 Å². The van der Waals surface area contributed by atoms with Crippen molar-refractivity contribution in [1.29, 1.82) is 0 Å². The lowest BCUT2D eigenvalue weighted by molar-refractivity contribution is 0.317. The van der Waals surface area contributed by atoms with Crippen LogP contribution >= 0.6 is 0 Å². The highest BCUT2D eigenvalue weighted by Gasteiger charge is 2.25. The summed E-state index contributed by atoms with van der Waals surface area (Å²) in [6, 6.07) is 4.13. The number of rotatable bonds is 1. The van der Waals surface area contributed by atoms with Gasteiger partial charge in [-0.15, -0.1) is 0 Å². The zero-order chi connectivity index (χ0) is 13.6. The second-order valence-electron chi connectivity index (χ2n) is 3.82. The highest BCUT2D eigenvalue weighted by Crippen LogP contribution is 2.38. The molecule has 0 radical (unpaired) electrons. The van der Waals surface area contributed by atoms with Gasteiger partial charge in [0.1, 0.15) is 0 Å². The third-order valence-electron chi connectivity index (χ3n) is 2.82. The van der Waals surface area contributed by atoms with Crippen LogP contribution in [0.2, 0.25) is 0 Å². The number of nitrogens with zero attached hydrogens (tertiary/aromatic N) is 1. The van der Waals surface area contributed by atoms with Crippen LogP contribution in [0.3, 0.4) is 0 Å². The maximum atomic E-state index is 11.2. The van der Waals surface area contributed by atoms with E-state index in [1.54, 1.807) is 0 Å². The van der Waals surface area contributed by atoms with E-state index in [-0.39, 0.29) is 34.0 Å². The Morgan fingerprint density at radius 3 is 2.74 bits per heavy atom. The molecule has 0 unspecified atom stereocenters. The maximum Gasteiger partial charge on any atom is 0.282 e. The van der Waals surface area contributed by atoms with Crippen molar-refractivity contribution in [3.05, 3.63) is 40.2 Å². The van der Waals surface area contributed by atoms with Gasteiger partial charge in [-0.2, -0.15) is 4.90 Å². The van der Waals surface area contributed by atoms with Gasteiger partial charge >= 0.3 is 0 Å². The number of methoxy groups -OCH3 is 1. The van der Waals surface area contributed by atoms with Gasteiger partial charge in [0, 0.05) is 6.07 Å². The SMILES string of the molecule is COc1c2oc(O)ccc-2c(=[N+]([O-])[O-])c2ccoc12. The average Bonchev–Trinajstić information content (AvgIpc) is 2.83. The summed E-state index contributed by atoms with van der Waals surface area (Å²) in [4.78, 5) is -0.522. The third-order valence-corrected chi connectivity index (χ3v) is 2.82. The van der Waals surface area contributed by atoms with Crippen molar-refractivity contribution < 1.29 is 18.7 Å². The summed E-state index contributed by atoms with van der Waals surface area (Å²) < 4.78 is 15.5. The first-order chi connectivity index (χ1) is 9.13. The molecule has 98 valence electrons. The Bertz CT molecular complexity index is 796. The van der Waals surface area contributed by atoms with Crippen molar-refractivity contribution in [3.63, 3.8) is 0 Å². The molecule has 2 heterocycles. The number of hydrogen-bond donors (Lipinski definition) is 1. The van der Waals surface area contributed by atoms with Crippen LogP contribution < -0.4 is 15.0 Å². The predicted octanol–water partition coefficient (Wildman–Crippen LogP) is 1.61. The summed E-state index contributed by atoms with van der Waals surface area (Å²) in [5.74, 6) is -0.0980. The molecular formula is C12H8NO6-. The van der Waals surface area contributed by atoms with Gasteiger partial charge in [0.05, 0.1) is 24.3 Å². The van der Waals surface area contributed by atoms with Crippen LogP contribution in [0.4, 0.5) is 0 Å². The summed E-state index contributed by atoms with van der Waals surface area (Å²) >= 11 is 0.